The van der Waals surface area contributed by atoms with E-state index in [0.29, 0.717) is 0 Å². The summed E-state index contributed by atoms with van der Waals surface area (Å²) >= 11 is 0. The van der Waals surface area contributed by atoms with Crippen LogP contribution >= 0.6 is 0 Å². The van der Waals surface area contributed by atoms with E-state index in [1.54, 1.807) is 0 Å². The molecular weight excluding hydrogens is 109 g/mol. The van der Waals surface area contributed by atoms with Crippen molar-refractivity contribution in [3.05, 3.63) is 0 Å². The van der Waals surface area contributed by atoms with Crippen molar-refractivity contribution in [1.29, 1.82) is 0 Å². The van der Waals surface area contributed by atoms with Crippen molar-refractivity contribution in [1.82, 2.24) is 0 Å². The highest BCUT2D eigenvalue weighted by molar-refractivity contribution is 7.52. The SMILES string of the molecule is [B]B([B])C(B([B])[B])B([B])[B]. The van der Waals surface area contributed by atoms with Crippen molar-refractivity contribution in [2.75, 3.05) is 0 Å². The Morgan fingerprint density at radius 3 is 0.800 bits per heavy atom. The van der Waals surface area contributed by atoms with E-state index in [2.05, 4.69) is 0 Å². The van der Waals surface area contributed by atoms with Crippen LogP contribution in [0.15, 0.2) is 0 Å². The molecule has 0 saturated heterocycles. The Hall–Kier alpha value is 0.584. The zero-order valence-electron chi connectivity index (χ0n) is 5.77. The molecule has 0 aromatic heterocycles. The summed E-state index contributed by atoms with van der Waals surface area (Å²) in [7, 11) is 31.8. The van der Waals surface area contributed by atoms with E-state index < -0.39 is 25.1 Å². The molecule has 0 nitrogen and oxygen atoms in total. The zero-order valence-corrected chi connectivity index (χ0v) is 5.77. The topological polar surface area (TPSA) is 0 Å². The molecule has 0 atom stereocenters. The van der Waals surface area contributed by atoms with Gasteiger partial charge in [0.1, 0.15) is 0 Å². The molecule has 0 saturated carbocycles. The minimum absolute atomic E-state index is 0.444. The van der Waals surface area contributed by atoms with Gasteiger partial charge in [-0.15, -0.1) is 5.62 Å². The molecule has 0 N–H and O–H groups in total. The first-order valence-corrected chi connectivity index (χ1v) is 3.00. The van der Waals surface area contributed by atoms with Gasteiger partial charge in [0.05, 0.1) is 0 Å². The van der Waals surface area contributed by atoms with E-state index in [4.69, 9.17) is 46.4 Å². The van der Waals surface area contributed by atoms with Gasteiger partial charge in [-0.3, -0.25) is 0 Å². The fourth-order valence-corrected chi connectivity index (χ4v) is 0.770. The first-order chi connectivity index (χ1) is 4.46. The third-order valence-electron chi connectivity index (χ3n) is 1.33. The van der Waals surface area contributed by atoms with Crippen LogP contribution in [0.1, 0.15) is 0 Å². The molecule has 0 aliphatic carbocycles. The molecule has 0 rings (SSSR count). The summed E-state index contributed by atoms with van der Waals surface area (Å²) < 4.78 is 0. The highest BCUT2D eigenvalue weighted by atomic mass is 13.5. The van der Waals surface area contributed by atoms with E-state index in [1.807, 2.05) is 0 Å². The maximum Gasteiger partial charge on any atom is 0.0295 e. The molecule has 0 amide bonds. The second-order valence-corrected chi connectivity index (χ2v) is 2.31. The van der Waals surface area contributed by atoms with Crippen molar-refractivity contribution in [2.45, 2.75) is 5.62 Å². The highest BCUT2D eigenvalue weighted by Gasteiger charge is 2.22. The van der Waals surface area contributed by atoms with Gasteiger partial charge in [-0.25, -0.2) is 0 Å². The molecule has 0 aromatic carbocycles. The maximum atomic E-state index is 5.30. The molecule has 0 aliphatic rings. The summed E-state index contributed by atoms with van der Waals surface area (Å²) in [6.45, 7) is -2.00. The summed E-state index contributed by atoms with van der Waals surface area (Å²) in [5.41, 5.74) is -0.444. The summed E-state index contributed by atoms with van der Waals surface area (Å²) in [4.78, 5) is 0. The lowest BCUT2D eigenvalue weighted by Gasteiger charge is -2.26. The molecule has 0 fully saturated rings. The summed E-state index contributed by atoms with van der Waals surface area (Å²) in [6.07, 6.45) is 0. The Labute approximate surface area is 72.0 Å². The quantitative estimate of drug-likeness (QED) is 0.338. The fraction of sp³-hybridized carbons (Fsp3) is 1.00. The lowest BCUT2D eigenvalue weighted by Crippen LogP contribution is -2.46. The average Bonchev–Trinajstić information content (AvgIpc) is 1.59. The summed E-state index contributed by atoms with van der Waals surface area (Å²) in [6, 6.07) is 0. The molecule has 10 heavy (non-hydrogen) atoms. The largest absolute Gasteiger partial charge is 0.146 e. The molecule has 12 radical (unpaired) electrons. The smallest absolute Gasteiger partial charge is 0.0295 e. The Morgan fingerprint density at radius 2 is 0.800 bits per heavy atom. The predicted octanol–water partition coefficient (Wildman–Crippen LogP) is -3.09. The second-order valence-electron chi connectivity index (χ2n) is 2.31. The number of hydrogen-bond donors (Lipinski definition) is 0. The van der Waals surface area contributed by atoms with E-state index in [0.717, 1.165) is 0 Å². The zero-order chi connectivity index (χ0) is 8.31. The normalized spacial score (nSPS) is 9.30. The third-order valence-corrected chi connectivity index (χ3v) is 1.33. The molecule has 0 heterocycles. The van der Waals surface area contributed by atoms with Crippen LogP contribution in [-0.4, -0.2) is 65.9 Å². The third kappa shape index (κ3) is 3.12. The van der Waals surface area contributed by atoms with E-state index in [-0.39, 0.29) is 0 Å². The van der Waals surface area contributed by atoms with Crippen LogP contribution in [0.5, 0.6) is 0 Å². The Bertz CT molecular complexity index is 65.7. The van der Waals surface area contributed by atoms with Gasteiger partial charge in [-0.2, -0.15) is 0 Å². The van der Waals surface area contributed by atoms with Gasteiger partial charge >= 0.3 is 0 Å². The van der Waals surface area contributed by atoms with Crippen LogP contribution < -0.4 is 0 Å². The van der Waals surface area contributed by atoms with Crippen molar-refractivity contribution in [3.63, 3.8) is 0 Å². The Kier molecular flexibility index (Phi) is 4.72. The van der Waals surface area contributed by atoms with Gasteiger partial charge in [0.15, 0.2) is 0 Å². The van der Waals surface area contributed by atoms with Crippen molar-refractivity contribution in [3.8, 4) is 0 Å². The lowest BCUT2D eigenvalue weighted by molar-refractivity contribution is 1.82. The number of hydrogen-bond acceptors (Lipinski definition) is 0. The second kappa shape index (κ2) is 4.46. The minimum Gasteiger partial charge on any atom is -0.146 e. The maximum absolute atomic E-state index is 5.30. The average molecular weight is 110 g/mol. The Morgan fingerprint density at radius 1 is 0.600 bits per heavy atom. The van der Waals surface area contributed by atoms with E-state index in [1.165, 1.54) is 0 Å². The highest BCUT2D eigenvalue weighted by Crippen LogP contribution is 2.07. The summed E-state index contributed by atoms with van der Waals surface area (Å²) in [5.74, 6) is 0. The van der Waals surface area contributed by atoms with E-state index >= 15 is 0 Å². The first-order valence-electron chi connectivity index (χ1n) is 3.00. The van der Waals surface area contributed by atoms with Gasteiger partial charge in [0.25, 0.3) is 0 Å². The van der Waals surface area contributed by atoms with Gasteiger partial charge in [0.2, 0.25) is 0 Å². The first kappa shape index (κ1) is 10.6. The monoisotopic (exact) mass is 112 g/mol. The standard InChI is InChI=1S/CHB9/c2-8(3)1(9(4)5)10(6)7/h1H. The van der Waals surface area contributed by atoms with Crippen LogP contribution in [0.25, 0.3) is 0 Å². The molecule has 0 bridgehead atoms. The summed E-state index contributed by atoms with van der Waals surface area (Å²) in [5, 5.41) is 0. The molecule has 0 unspecified atom stereocenters. The van der Waals surface area contributed by atoms with Gasteiger partial charge < -0.3 is 0 Å². The molecule has 0 spiro atoms. The van der Waals surface area contributed by atoms with Crippen LogP contribution in [0.2, 0.25) is 5.62 Å². The Balaban J connectivity index is 3.98. The van der Waals surface area contributed by atoms with Crippen LogP contribution in [0.3, 0.4) is 0 Å². The van der Waals surface area contributed by atoms with Crippen LogP contribution in [0, 0.1) is 0 Å². The van der Waals surface area contributed by atoms with Gasteiger partial charge in [-0.05, 0) is 0 Å². The van der Waals surface area contributed by atoms with Gasteiger partial charge in [0, 0.05) is 65.9 Å². The van der Waals surface area contributed by atoms with Crippen molar-refractivity contribution < 1.29 is 0 Å². The lowest BCUT2D eigenvalue weighted by atomic mass is 8.85. The molecular formula is CHB9. The molecule has 0 aliphatic heterocycles. The van der Waals surface area contributed by atoms with Crippen LogP contribution in [0.4, 0.5) is 0 Å². The van der Waals surface area contributed by atoms with Crippen LogP contribution in [-0.2, 0) is 0 Å². The predicted molar refractivity (Wildman–Crippen MR) is 55.5 cm³/mol. The fourth-order valence-electron chi connectivity index (χ4n) is 0.770. The van der Waals surface area contributed by atoms with E-state index in [9.17, 15) is 0 Å². The van der Waals surface area contributed by atoms with Crippen molar-refractivity contribution >= 4 is 65.9 Å². The molecule has 9 heteroatoms. The van der Waals surface area contributed by atoms with Crippen molar-refractivity contribution in [2.24, 2.45) is 0 Å². The minimum atomic E-state index is -0.667. The molecule has 0 aromatic rings. The van der Waals surface area contributed by atoms with Gasteiger partial charge in [-0.1, -0.05) is 0 Å². The number of rotatable bonds is 3. The molecule has 32 valence electrons.